The van der Waals surface area contributed by atoms with Gasteiger partial charge in [-0.1, -0.05) is 176 Å². The summed E-state index contributed by atoms with van der Waals surface area (Å²) in [6, 6.07) is 27.3. The highest BCUT2D eigenvalue weighted by molar-refractivity contribution is 6.98. The zero-order chi connectivity index (χ0) is 34.1. The van der Waals surface area contributed by atoms with E-state index in [0.29, 0.717) is 0 Å². The van der Waals surface area contributed by atoms with E-state index in [-0.39, 0.29) is 10.8 Å². The van der Waals surface area contributed by atoms with Crippen molar-refractivity contribution in [2.24, 2.45) is 0 Å². The lowest BCUT2D eigenvalue weighted by atomic mass is 9.80. The number of allylic oxidation sites excluding steroid dienone is 4. The van der Waals surface area contributed by atoms with Crippen LogP contribution in [0.15, 0.2) is 91.0 Å². The van der Waals surface area contributed by atoms with Crippen LogP contribution in [0, 0.1) is 10.4 Å². The summed E-state index contributed by atoms with van der Waals surface area (Å²) in [6.07, 6.45) is 10.6. The van der Waals surface area contributed by atoms with E-state index in [0.717, 1.165) is 6.42 Å². The fraction of sp³-hybridized carbons (Fsp3) is 0.333. The lowest BCUT2D eigenvalue weighted by molar-refractivity contribution is 0.589. The van der Waals surface area contributed by atoms with Crippen molar-refractivity contribution in [2.45, 2.75) is 98.1 Å². The quantitative estimate of drug-likeness (QED) is 0.166. The Bertz CT molecular complexity index is 2110. The van der Waals surface area contributed by atoms with Crippen LogP contribution in [-0.4, -0.2) is 16.1 Å². The lowest BCUT2D eigenvalue weighted by Gasteiger charge is -2.38. The molecule has 0 saturated heterocycles. The largest absolute Gasteiger partial charge is 0.0801 e. The van der Waals surface area contributed by atoms with Crippen molar-refractivity contribution in [1.82, 2.24) is 0 Å². The molecule has 4 aromatic rings. The molecule has 0 spiro atoms. The molecule has 2 aliphatic rings. The highest BCUT2D eigenvalue weighted by atomic mass is 28.3. The minimum Gasteiger partial charge on any atom is -0.0801 e. The molecule has 0 aliphatic heterocycles. The Morgan fingerprint density at radius 2 is 1.19 bits per heavy atom. The molecule has 0 amide bonds. The number of rotatable bonds is 5. The van der Waals surface area contributed by atoms with Crippen LogP contribution < -0.4 is 20.8 Å². The third-order valence-corrected chi connectivity index (χ3v) is 14.1. The minimum atomic E-state index is -1.88. The summed E-state index contributed by atoms with van der Waals surface area (Å²) < 4.78 is 0. The van der Waals surface area contributed by atoms with E-state index >= 15 is 0 Å². The summed E-state index contributed by atoms with van der Waals surface area (Å²) in [5, 5.41) is 9.24. The first-order valence-electron chi connectivity index (χ1n) is 17.5. The van der Waals surface area contributed by atoms with E-state index in [1.54, 1.807) is 15.9 Å². The number of benzene rings is 4. The first kappa shape index (κ1) is 33.4. The molecule has 0 N–H and O–H groups in total. The molecule has 2 heteroatoms. The zero-order valence-electron chi connectivity index (χ0n) is 30.9. The average Bonchev–Trinajstić information content (AvgIpc) is 3.64. The maximum absolute atomic E-state index is 2.60. The maximum Gasteiger partial charge on any atom is 0.0783 e. The van der Waals surface area contributed by atoms with Gasteiger partial charge in [0.05, 0.1) is 16.1 Å². The Kier molecular flexibility index (Phi) is 8.25. The van der Waals surface area contributed by atoms with Crippen molar-refractivity contribution >= 4 is 43.7 Å². The molecule has 4 aromatic carbocycles. The monoisotopic (exact) mass is 650 g/mol. The maximum atomic E-state index is 2.60. The molecular formula is C45H54Si2. The second-order valence-electron chi connectivity index (χ2n) is 17.9. The van der Waals surface area contributed by atoms with E-state index in [9.17, 15) is 0 Å². The van der Waals surface area contributed by atoms with Crippen LogP contribution in [0.5, 0.6) is 0 Å². The molecule has 0 aromatic heterocycles. The van der Waals surface area contributed by atoms with E-state index in [1.165, 1.54) is 59.8 Å². The van der Waals surface area contributed by atoms with Crippen molar-refractivity contribution in [2.75, 3.05) is 0 Å². The second-order valence-corrected chi connectivity index (χ2v) is 27.9. The summed E-state index contributed by atoms with van der Waals surface area (Å²) in [4.78, 5) is 0. The summed E-state index contributed by atoms with van der Waals surface area (Å²) in [7, 11) is -3.72. The van der Waals surface area contributed by atoms with Crippen molar-refractivity contribution in [3.05, 3.63) is 145 Å². The van der Waals surface area contributed by atoms with Gasteiger partial charge in [-0.15, -0.1) is 0 Å². The van der Waals surface area contributed by atoms with Gasteiger partial charge in [-0.3, -0.25) is 0 Å². The van der Waals surface area contributed by atoms with Crippen molar-refractivity contribution in [3.8, 4) is 0 Å². The number of hydrogen-bond donors (Lipinski definition) is 0. The Labute approximate surface area is 286 Å². The van der Waals surface area contributed by atoms with Gasteiger partial charge in [-0.25, -0.2) is 0 Å². The normalized spacial score (nSPS) is 14.5. The molecule has 2 aliphatic carbocycles. The Morgan fingerprint density at radius 1 is 0.638 bits per heavy atom. The molecule has 0 nitrogen and oxygen atoms in total. The van der Waals surface area contributed by atoms with Crippen LogP contribution in [0.2, 0.25) is 39.3 Å². The third kappa shape index (κ3) is 6.04. The Balaban J connectivity index is 2.07. The molecule has 6 rings (SSSR count). The molecule has 0 fully saturated rings. The van der Waals surface area contributed by atoms with E-state index in [1.807, 2.05) is 0 Å². The molecule has 0 atom stereocenters. The van der Waals surface area contributed by atoms with Gasteiger partial charge in [0, 0.05) is 0 Å². The fourth-order valence-electron chi connectivity index (χ4n) is 7.92. The number of fused-ring (bicyclic) bond motifs is 2. The van der Waals surface area contributed by atoms with Crippen LogP contribution >= 0.6 is 0 Å². The SMILES string of the molecule is CC(C)(C)c1cc2c(c(=C(c3ccccc3)c3ccccc3)c1)=c1c([Si](C)(C)C)c([Si](C)(C)C)c(C(C)(C)C)c(C3=CC=CC3)c1=C2. The van der Waals surface area contributed by atoms with Crippen LogP contribution in [0.4, 0.5) is 0 Å². The number of hydrogen-bond acceptors (Lipinski definition) is 0. The van der Waals surface area contributed by atoms with Gasteiger partial charge in [-0.2, -0.15) is 0 Å². The molecule has 0 radical (unpaired) electrons. The van der Waals surface area contributed by atoms with Crippen LogP contribution in [0.1, 0.15) is 81.3 Å². The van der Waals surface area contributed by atoms with Crippen molar-refractivity contribution in [1.29, 1.82) is 0 Å². The predicted octanol–water partition coefficient (Wildman–Crippen LogP) is 9.39. The second kappa shape index (κ2) is 11.6. The van der Waals surface area contributed by atoms with Crippen LogP contribution in [-0.2, 0) is 10.8 Å². The first-order valence-corrected chi connectivity index (χ1v) is 24.5. The van der Waals surface area contributed by atoms with Crippen molar-refractivity contribution in [3.63, 3.8) is 0 Å². The van der Waals surface area contributed by atoms with Gasteiger partial charge in [0.2, 0.25) is 0 Å². The van der Waals surface area contributed by atoms with Crippen molar-refractivity contribution < 1.29 is 0 Å². The average molecular weight is 651 g/mol. The van der Waals surface area contributed by atoms with Gasteiger partial charge in [0.15, 0.2) is 0 Å². The molecule has 0 saturated carbocycles. The highest BCUT2D eigenvalue weighted by Gasteiger charge is 2.38. The summed E-state index contributed by atoms with van der Waals surface area (Å²) >= 11 is 0. The standard InChI is InChI=1S/C45H54Si2/c1-44(2,3)34-27-33-28-35-39(32-25-19-20-26-32)41(45(4,5)6)43(47(10,11)12)42(46(7,8)9)40(35)38(33)36(29-34)37(30-21-15-13-16-22-30)31-23-17-14-18-24-31/h13-25,27-29H,26H2,1-12H3. The smallest absolute Gasteiger partial charge is 0.0783 e. The van der Waals surface area contributed by atoms with Crippen LogP contribution in [0.3, 0.4) is 0 Å². The predicted molar refractivity (Wildman–Crippen MR) is 213 cm³/mol. The van der Waals surface area contributed by atoms with Gasteiger partial charge >= 0.3 is 0 Å². The molecule has 0 unspecified atom stereocenters. The van der Waals surface area contributed by atoms with E-state index in [4.69, 9.17) is 0 Å². The lowest BCUT2D eigenvalue weighted by Crippen LogP contribution is -2.61. The first-order chi connectivity index (χ1) is 21.9. The van der Waals surface area contributed by atoms with Gasteiger partial charge in [0.25, 0.3) is 0 Å². The highest BCUT2D eigenvalue weighted by Crippen LogP contribution is 2.34. The molecule has 47 heavy (non-hydrogen) atoms. The summed E-state index contributed by atoms with van der Waals surface area (Å²) in [5.41, 5.74) is 11.3. The molecular weight excluding hydrogens is 597 g/mol. The summed E-state index contributed by atoms with van der Waals surface area (Å²) in [5.74, 6) is 0. The van der Waals surface area contributed by atoms with Gasteiger partial charge in [-0.05, 0) is 94.8 Å². The Morgan fingerprint density at radius 3 is 1.64 bits per heavy atom. The van der Waals surface area contributed by atoms with E-state index < -0.39 is 16.1 Å². The van der Waals surface area contributed by atoms with Crippen LogP contribution in [0.25, 0.3) is 17.2 Å². The third-order valence-electron chi connectivity index (χ3n) is 9.86. The van der Waals surface area contributed by atoms with Gasteiger partial charge in [0.1, 0.15) is 0 Å². The zero-order valence-corrected chi connectivity index (χ0v) is 32.9. The van der Waals surface area contributed by atoms with E-state index in [2.05, 4.69) is 178 Å². The molecule has 0 heterocycles. The summed E-state index contributed by atoms with van der Waals surface area (Å²) in [6.45, 7) is 30.0. The molecule has 242 valence electrons. The van der Waals surface area contributed by atoms with Gasteiger partial charge < -0.3 is 0 Å². The Hall–Kier alpha value is -3.47. The topological polar surface area (TPSA) is 0 Å². The fourth-order valence-corrected chi connectivity index (χ4v) is 14.2. The minimum absolute atomic E-state index is 0.00721. The molecule has 0 bridgehead atoms.